The van der Waals surface area contributed by atoms with Crippen molar-refractivity contribution in [2.75, 3.05) is 32.8 Å². The monoisotopic (exact) mass is 562 g/mol. The molecule has 0 atom stereocenters. The lowest BCUT2D eigenvalue weighted by molar-refractivity contribution is 0.0531. The number of aliphatic imine (C=N–C) groups is 1. The Bertz CT molecular complexity index is 817. The molecule has 1 aromatic heterocycles. The maximum absolute atomic E-state index is 6.28. The van der Waals surface area contributed by atoms with Gasteiger partial charge in [-0.15, -0.1) is 35.3 Å². The summed E-state index contributed by atoms with van der Waals surface area (Å²) in [6.45, 7) is 10.1. The zero-order valence-corrected chi connectivity index (χ0v) is 21.9. The molecule has 8 heteroatoms. The van der Waals surface area contributed by atoms with Crippen LogP contribution < -0.4 is 10.6 Å². The lowest BCUT2D eigenvalue weighted by Gasteiger charge is -2.36. The van der Waals surface area contributed by atoms with E-state index in [4.69, 9.17) is 21.3 Å². The highest BCUT2D eigenvalue weighted by atomic mass is 127. The number of halogens is 2. The first-order valence-corrected chi connectivity index (χ1v) is 11.5. The molecule has 2 N–H and O–H groups in total. The molecule has 2 heterocycles. The van der Waals surface area contributed by atoms with Crippen molar-refractivity contribution in [3.8, 4) is 0 Å². The second-order valence-corrected chi connectivity index (χ2v) is 9.25. The third kappa shape index (κ3) is 6.80. The highest BCUT2D eigenvalue weighted by molar-refractivity contribution is 14.0. The van der Waals surface area contributed by atoms with Gasteiger partial charge in [-0.25, -0.2) is 4.98 Å². The number of rotatable bonds is 7. The molecule has 0 radical (unpaired) electrons. The molecule has 1 aliphatic heterocycles. The van der Waals surface area contributed by atoms with Crippen LogP contribution in [0.5, 0.6) is 0 Å². The van der Waals surface area contributed by atoms with E-state index in [9.17, 15) is 0 Å². The van der Waals surface area contributed by atoms with Crippen LogP contribution in [0.15, 0.2) is 29.3 Å². The maximum atomic E-state index is 6.28. The summed E-state index contributed by atoms with van der Waals surface area (Å²) in [6, 6.07) is 8.20. The summed E-state index contributed by atoms with van der Waals surface area (Å²) in [5.41, 5.74) is 2.35. The summed E-state index contributed by atoms with van der Waals surface area (Å²) in [5, 5.41) is 8.78. The number of nitrogens with zero attached hydrogens (tertiary/aromatic N) is 2. The Hall–Kier alpha value is -0.900. The molecule has 3 rings (SSSR count). The van der Waals surface area contributed by atoms with Crippen molar-refractivity contribution < 1.29 is 4.74 Å². The first kappa shape index (κ1) is 25.4. The molecule has 0 bridgehead atoms. The Balaban J connectivity index is 0.00000320. The molecule has 0 unspecified atom stereocenters. The number of guanidine groups is 1. The summed E-state index contributed by atoms with van der Waals surface area (Å²) < 4.78 is 5.64. The molecule has 0 spiro atoms. The van der Waals surface area contributed by atoms with E-state index < -0.39 is 0 Å². The number of hydrogen-bond donors (Lipinski definition) is 2. The van der Waals surface area contributed by atoms with Gasteiger partial charge in [-0.2, -0.15) is 0 Å². The van der Waals surface area contributed by atoms with E-state index in [0.29, 0.717) is 6.54 Å². The Morgan fingerprint density at radius 3 is 2.67 bits per heavy atom. The molecule has 0 amide bonds. The van der Waals surface area contributed by atoms with Gasteiger partial charge in [0.1, 0.15) is 0 Å². The molecule has 2 aromatic rings. The van der Waals surface area contributed by atoms with Crippen molar-refractivity contribution in [2.45, 2.75) is 45.4 Å². The molecule has 1 saturated heterocycles. The Kier molecular flexibility index (Phi) is 10.3. The average molecular weight is 563 g/mol. The van der Waals surface area contributed by atoms with Gasteiger partial charge in [0.2, 0.25) is 0 Å². The quantitative estimate of drug-likeness (QED) is 0.287. The van der Waals surface area contributed by atoms with Crippen LogP contribution >= 0.6 is 46.9 Å². The van der Waals surface area contributed by atoms with E-state index in [1.54, 1.807) is 11.3 Å². The lowest BCUT2D eigenvalue weighted by atomic mass is 9.74. The summed E-state index contributed by atoms with van der Waals surface area (Å²) >= 11 is 8.06. The zero-order chi connectivity index (χ0) is 20.7. The standard InChI is InChI=1S/C22H31ClN4OS.HI/c1-4-24-21(25-11-8-20-27-16(2)17(3)29-20)26-15-22(9-12-28-13-10-22)18-6-5-7-19(23)14-18;/h5-7,14H,4,8-13,15H2,1-3H3,(H2,24,25,26);1H. The Labute approximate surface area is 206 Å². The summed E-state index contributed by atoms with van der Waals surface area (Å²) in [7, 11) is 0. The largest absolute Gasteiger partial charge is 0.381 e. The predicted molar refractivity (Wildman–Crippen MR) is 138 cm³/mol. The van der Waals surface area contributed by atoms with Crippen molar-refractivity contribution in [1.29, 1.82) is 0 Å². The van der Waals surface area contributed by atoms with Crippen LogP contribution in [-0.2, 0) is 16.6 Å². The van der Waals surface area contributed by atoms with Crippen molar-refractivity contribution in [2.24, 2.45) is 4.99 Å². The van der Waals surface area contributed by atoms with Gasteiger partial charge in [-0.3, -0.25) is 4.99 Å². The zero-order valence-electron chi connectivity index (χ0n) is 18.0. The third-order valence-electron chi connectivity index (χ3n) is 5.48. The number of nitrogens with one attached hydrogen (secondary N) is 2. The van der Waals surface area contributed by atoms with E-state index in [1.165, 1.54) is 15.4 Å². The van der Waals surface area contributed by atoms with Gasteiger partial charge in [0.25, 0.3) is 0 Å². The van der Waals surface area contributed by atoms with Gasteiger partial charge in [-0.1, -0.05) is 23.7 Å². The molecular formula is C22H32ClIN4OS. The minimum Gasteiger partial charge on any atom is -0.381 e. The van der Waals surface area contributed by atoms with E-state index in [1.807, 2.05) is 12.1 Å². The van der Waals surface area contributed by atoms with Crippen LogP contribution in [0.25, 0.3) is 0 Å². The van der Waals surface area contributed by atoms with Gasteiger partial charge in [0, 0.05) is 48.0 Å². The van der Waals surface area contributed by atoms with Crippen LogP contribution in [0, 0.1) is 13.8 Å². The number of aromatic nitrogens is 1. The smallest absolute Gasteiger partial charge is 0.191 e. The number of ether oxygens (including phenoxy) is 1. The first-order valence-electron chi connectivity index (χ1n) is 10.3. The fourth-order valence-corrected chi connectivity index (χ4v) is 4.75. The van der Waals surface area contributed by atoms with E-state index in [0.717, 1.165) is 62.2 Å². The SMILES string of the molecule is CCNC(=NCC1(c2cccc(Cl)c2)CCOCC1)NCCc1nc(C)c(C)s1.I. The van der Waals surface area contributed by atoms with Crippen molar-refractivity contribution in [1.82, 2.24) is 15.6 Å². The van der Waals surface area contributed by atoms with Crippen LogP contribution in [-0.4, -0.2) is 43.8 Å². The molecule has 1 aliphatic rings. The highest BCUT2D eigenvalue weighted by Gasteiger charge is 2.34. The predicted octanol–water partition coefficient (Wildman–Crippen LogP) is 4.88. The van der Waals surface area contributed by atoms with E-state index in [2.05, 4.69) is 48.5 Å². The van der Waals surface area contributed by atoms with Crippen LogP contribution in [0.3, 0.4) is 0 Å². The Morgan fingerprint density at radius 1 is 1.27 bits per heavy atom. The summed E-state index contributed by atoms with van der Waals surface area (Å²) in [5.74, 6) is 0.852. The second-order valence-electron chi connectivity index (χ2n) is 7.52. The van der Waals surface area contributed by atoms with Gasteiger partial charge < -0.3 is 15.4 Å². The number of benzene rings is 1. The molecule has 166 valence electrons. The first-order chi connectivity index (χ1) is 14.0. The summed E-state index contributed by atoms with van der Waals surface area (Å²) in [4.78, 5) is 10.9. The van der Waals surface area contributed by atoms with Crippen molar-refractivity contribution >= 4 is 52.9 Å². The van der Waals surface area contributed by atoms with Gasteiger partial charge >= 0.3 is 0 Å². The average Bonchev–Trinajstić information content (AvgIpc) is 3.04. The highest BCUT2D eigenvalue weighted by Crippen LogP contribution is 2.36. The fraction of sp³-hybridized carbons (Fsp3) is 0.545. The third-order valence-corrected chi connectivity index (χ3v) is 6.84. The summed E-state index contributed by atoms with van der Waals surface area (Å²) in [6.07, 6.45) is 2.80. The van der Waals surface area contributed by atoms with Crippen molar-refractivity contribution in [3.05, 3.63) is 50.4 Å². The topological polar surface area (TPSA) is 58.5 Å². The molecule has 30 heavy (non-hydrogen) atoms. The normalized spacial score (nSPS) is 16.1. The second kappa shape index (κ2) is 12.2. The molecule has 5 nitrogen and oxygen atoms in total. The molecular weight excluding hydrogens is 531 g/mol. The van der Waals surface area contributed by atoms with Crippen LogP contribution in [0.4, 0.5) is 0 Å². The number of thiazole rings is 1. The van der Waals surface area contributed by atoms with Gasteiger partial charge in [-0.05, 0) is 51.3 Å². The molecule has 1 aromatic carbocycles. The molecule has 0 aliphatic carbocycles. The maximum Gasteiger partial charge on any atom is 0.191 e. The van der Waals surface area contributed by atoms with E-state index in [-0.39, 0.29) is 29.4 Å². The molecule has 0 saturated carbocycles. The van der Waals surface area contributed by atoms with Gasteiger partial charge in [0.15, 0.2) is 5.96 Å². The number of aryl methyl sites for hydroxylation is 2. The van der Waals surface area contributed by atoms with E-state index >= 15 is 0 Å². The van der Waals surface area contributed by atoms with Crippen molar-refractivity contribution in [3.63, 3.8) is 0 Å². The minimum absolute atomic E-state index is 0. The van der Waals surface area contributed by atoms with Crippen LogP contribution in [0.1, 0.15) is 40.9 Å². The molecule has 1 fully saturated rings. The van der Waals surface area contributed by atoms with Gasteiger partial charge in [0.05, 0.1) is 17.2 Å². The number of hydrogen-bond acceptors (Lipinski definition) is 4. The lowest BCUT2D eigenvalue weighted by Crippen LogP contribution is -2.41. The minimum atomic E-state index is -0.0327. The van der Waals surface area contributed by atoms with Crippen LogP contribution in [0.2, 0.25) is 5.02 Å². The fourth-order valence-electron chi connectivity index (χ4n) is 3.62. The Morgan fingerprint density at radius 2 is 2.03 bits per heavy atom.